The Morgan fingerprint density at radius 1 is 1.04 bits per heavy atom. The second kappa shape index (κ2) is 12.4. The lowest BCUT2D eigenvalue weighted by Crippen LogP contribution is -2.46. The van der Waals surface area contributed by atoms with Crippen molar-refractivity contribution >= 4 is 17.9 Å². The van der Waals surface area contributed by atoms with Gasteiger partial charge in [-0.15, -0.1) is 0 Å². The van der Waals surface area contributed by atoms with E-state index in [0.717, 1.165) is 44.8 Å². The van der Waals surface area contributed by atoms with E-state index in [1.807, 2.05) is 20.8 Å². The third-order valence-electron chi connectivity index (χ3n) is 5.83. The predicted octanol–water partition coefficient (Wildman–Crippen LogP) is 4.49. The first-order valence-corrected chi connectivity index (χ1v) is 10.7. The van der Waals surface area contributed by atoms with Crippen LogP contribution < -0.4 is 5.32 Å². The zero-order valence-electron chi connectivity index (χ0n) is 17.3. The fourth-order valence-corrected chi connectivity index (χ4v) is 4.27. The molecule has 0 unspecified atom stereocenters. The SMILES string of the molecule is CCCC(=O)[C@H](CCC)N[C@@H](C)C(=O)C[C@H]1CCCC[C@H]1C[C@H](C)C=O. The summed E-state index contributed by atoms with van der Waals surface area (Å²) in [7, 11) is 0. The summed E-state index contributed by atoms with van der Waals surface area (Å²) in [5.41, 5.74) is 0. The summed E-state index contributed by atoms with van der Waals surface area (Å²) in [6.07, 6.45) is 10.3. The van der Waals surface area contributed by atoms with E-state index in [0.29, 0.717) is 24.7 Å². The summed E-state index contributed by atoms with van der Waals surface area (Å²) < 4.78 is 0. The van der Waals surface area contributed by atoms with E-state index in [9.17, 15) is 14.4 Å². The van der Waals surface area contributed by atoms with Gasteiger partial charge in [0.05, 0.1) is 12.1 Å². The van der Waals surface area contributed by atoms with Gasteiger partial charge in [0.1, 0.15) is 17.9 Å². The summed E-state index contributed by atoms with van der Waals surface area (Å²) in [5.74, 6) is 1.38. The molecule has 0 bridgehead atoms. The highest BCUT2D eigenvalue weighted by molar-refractivity contribution is 5.87. The first-order chi connectivity index (χ1) is 12.4. The molecule has 0 radical (unpaired) electrons. The third kappa shape index (κ3) is 7.69. The molecular weight excluding hydrogens is 326 g/mol. The van der Waals surface area contributed by atoms with Gasteiger partial charge in [0.25, 0.3) is 0 Å². The monoisotopic (exact) mass is 365 g/mol. The maximum Gasteiger partial charge on any atom is 0.149 e. The summed E-state index contributed by atoms with van der Waals surface area (Å²) in [4.78, 5) is 36.1. The van der Waals surface area contributed by atoms with Crippen molar-refractivity contribution in [3.8, 4) is 0 Å². The topological polar surface area (TPSA) is 63.2 Å². The largest absolute Gasteiger partial charge is 0.303 e. The van der Waals surface area contributed by atoms with Crippen LogP contribution in [-0.2, 0) is 14.4 Å². The molecule has 4 heteroatoms. The number of carbonyl (C=O) groups excluding carboxylic acids is 3. The quantitative estimate of drug-likeness (QED) is 0.488. The zero-order chi connectivity index (χ0) is 19.5. The number of Topliss-reactive ketones (excluding diaryl/α,β-unsaturated/α-hetero) is 2. The molecule has 1 rings (SSSR count). The molecule has 1 N–H and O–H groups in total. The van der Waals surface area contributed by atoms with Gasteiger partial charge in [-0.2, -0.15) is 0 Å². The van der Waals surface area contributed by atoms with Gasteiger partial charge in [-0.3, -0.25) is 14.9 Å². The molecule has 1 saturated carbocycles. The molecule has 5 atom stereocenters. The van der Waals surface area contributed by atoms with Gasteiger partial charge < -0.3 is 4.79 Å². The van der Waals surface area contributed by atoms with Crippen molar-refractivity contribution in [2.24, 2.45) is 17.8 Å². The lowest BCUT2D eigenvalue weighted by Gasteiger charge is -2.33. The number of carbonyl (C=O) groups is 3. The van der Waals surface area contributed by atoms with E-state index in [1.54, 1.807) is 0 Å². The number of ketones is 2. The fraction of sp³-hybridized carbons (Fsp3) is 0.864. The van der Waals surface area contributed by atoms with Crippen molar-refractivity contribution in [3.63, 3.8) is 0 Å². The lowest BCUT2D eigenvalue weighted by atomic mass is 9.73. The average Bonchev–Trinajstić information content (AvgIpc) is 2.62. The van der Waals surface area contributed by atoms with E-state index in [1.165, 1.54) is 12.8 Å². The molecule has 1 fully saturated rings. The molecule has 26 heavy (non-hydrogen) atoms. The highest BCUT2D eigenvalue weighted by Crippen LogP contribution is 2.36. The Morgan fingerprint density at radius 3 is 2.27 bits per heavy atom. The van der Waals surface area contributed by atoms with Gasteiger partial charge >= 0.3 is 0 Å². The first kappa shape index (κ1) is 23.0. The Balaban J connectivity index is 2.62. The van der Waals surface area contributed by atoms with Gasteiger partial charge in [-0.1, -0.05) is 46.5 Å². The molecule has 0 aromatic carbocycles. The van der Waals surface area contributed by atoms with Crippen molar-refractivity contribution in [3.05, 3.63) is 0 Å². The molecule has 0 spiro atoms. The number of rotatable bonds is 13. The maximum absolute atomic E-state index is 12.8. The van der Waals surface area contributed by atoms with Crippen LogP contribution in [0.25, 0.3) is 0 Å². The van der Waals surface area contributed by atoms with Crippen molar-refractivity contribution < 1.29 is 14.4 Å². The lowest BCUT2D eigenvalue weighted by molar-refractivity contribution is -0.124. The van der Waals surface area contributed by atoms with Gasteiger partial charge in [0.2, 0.25) is 0 Å². The number of hydrogen-bond donors (Lipinski definition) is 1. The Bertz CT molecular complexity index is 449. The maximum atomic E-state index is 12.8. The minimum absolute atomic E-state index is 0.0758. The Kier molecular flexibility index (Phi) is 11.0. The van der Waals surface area contributed by atoms with Crippen LogP contribution in [-0.4, -0.2) is 29.9 Å². The Labute approximate surface area is 159 Å². The third-order valence-corrected chi connectivity index (χ3v) is 5.83. The smallest absolute Gasteiger partial charge is 0.149 e. The van der Waals surface area contributed by atoms with Crippen LogP contribution in [0.3, 0.4) is 0 Å². The van der Waals surface area contributed by atoms with Crippen LogP contribution in [0.15, 0.2) is 0 Å². The second-order valence-corrected chi connectivity index (χ2v) is 8.27. The number of nitrogens with one attached hydrogen (secondary N) is 1. The molecule has 0 aliphatic heterocycles. The van der Waals surface area contributed by atoms with E-state index in [4.69, 9.17) is 0 Å². The van der Waals surface area contributed by atoms with E-state index < -0.39 is 0 Å². The van der Waals surface area contributed by atoms with Crippen molar-refractivity contribution in [2.45, 2.75) is 104 Å². The number of hydrogen-bond acceptors (Lipinski definition) is 4. The summed E-state index contributed by atoms with van der Waals surface area (Å²) >= 11 is 0. The van der Waals surface area contributed by atoms with E-state index in [-0.39, 0.29) is 29.6 Å². The molecule has 1 aliphatic carbocycles. The van der Waals surface area contributed by atoms with Crippen LogP contribution in [0.2, 0.25) is 0 Å². The Morgan fingerprint density at radius 2 is 1.69 bits per heavy atom. The average molecular weight is 366 g/mol. The normalized spacial score (nSPS) is 23.8. The van der Waals surface area contributed by atoms with Crippen LogP contribution >= 0.6 is 0 Å². The summed E-state index contributed by atoms with van der Waals surface area (Å²) in [6, 6.07) is -0.477. The molecule has 4 nitrogen and oxygen atoms in total. The molecule has 0 amide bonds. The predicted molar refractivity (Wildman–Crippen MR) is 106 cm³/mol. The van der Waals surface area contributed by atoms with Gasteiger partial charge in [0.15, 0.2) is 0 Å². The minimum atomic E-state index is -0.279. The first-order valence-electron chi connectivity index (χ1n) is 10.7. The van der Waals surface area contributed by atoms with Crippen molar-refractivity contribution in [2.75, 3.05) is 0 Å². The van der Waals surface area contributed by atoms with Crippen LogP contribution in [0, 0.1) is 17.8 Å². The molecule has 0 aromatic heterocycles. The summed E-state index contributed by atoms with van der Waals surface area (Å²) in [5, 5.41) is 3.30. The minimum Gasteiger partial charge on any atom is -0.303 e. The number of aldehydes is 1. The molecule has 0 aromatic rings. The standard InChI is InChI=1S/C22H39NO3/c1-5-9-20(21(25)10-6-2)23-17(4)22(26)14-19-12-8-7-11-18(19)13-16(3)15-24/h15-20,23H,5-14H2,1-4H3/t16-,17-,18-,19+,20-/m0/s1. The highest BCUT2D eigenvalue weighted by Gasteiger charge is 2.30. The molecule has 150 valence electrons. The van der Waals surface area contributed by atoms with Gasteiger partial charge in [-0.05, 0) is 44.4 Å². The van der Waals surface area contributed by atoms with Crippen molar-refractivity contribution in [1.82, 2.24) is 5.32 Å². The van der Waals surface area contributed by atoms with Gasteiger partial charge in [-0.25, -0.2) is 0 Å². The highest BCUT2D eigenvalue weighted by atomic mass is 16.1. The summed E-state index contributed by atoms with van der Waals surface area (Å²) in [6.45, 7) is 7.95. The van der Waals surface area contributed by atoms with Crippen LogP contribution in [0.4, 0.5) is 0 Å². The van der Waals surface area contributed by atoms with Crippen LogP contribution in [0.5, 0.6) is 0 Å². The molecule has 1 aliphatic rings. The van der Waals surface area contributed by atoms with E-state index >= 15 is 0 Å². The van der Waals surface area contributed by atoms with Gasteiger partial charge in [0, 0.05) is 18.8 Å². The Hall–Kier alpha value is -1.03. The molecule has 0 saturated heterocycles. The zero-order valence-corrected chi connectivity index (χ0v) is 17.3. The molecular formula is C22H39NO3. The fourth-order valence-electron chi connectivity index (χ4n) is 4.27. The van der Waals surface area contributed by atoms with Crippen LogP contribution in [0.1, 0.15) is 91.9 Å². The van der Waals surface area contributed by atoms with Crippen molar-refractivity contribution in [1.29, 1.82) is 0 Å². The molecule has 0 heterocycles. The second-order valence-electron chi connectivity index (χ2n) is 8.27. The van der Waals surface area contributed by atoms with E-state index in [2.05, 4.69) is 12.2 Å².